The molecule has 9 heteroatoms. The van der Waals surface area contributed by atoms with Crippen molar-refractivity contribution in [2.75, 3.05) is 18.5 Å². The monoisotopic (exact) mass is 378 g/mol. The predicted molar refractivity (Wildman–Crippen MR) is 93.5 cm³/mol. The van der Waals surface area contributed by atoms with Gasteiger partial charge in [0.25, 0.3) is 5.91 Å². The van der Waals surface area contributed by atoms with Crippen molar-refractivity contribution < 1.29 is 28.3 Å². The van der Waals surface area contributed by atoms with E-state index in [1.54, 1.807) is 30.3 Å². The lowest BCUT2D eigenvalue weighted by atomic mass is 10.2. The molecule has 0 aliphatic heterocycles. The molecule has 3 N–H and O–H groups in total. The van der Waals surface area contributed by atoms with Crippen LogP contribution >= 0.6 is 0 Å². The number of anilines is 1. The van der Waals surface area contributed by atoms with Crippen LogP contribution in [0.1, 0.15) is 10.4 Å². The third-order valence-electron chi connectivity index (χ3n) is 3.63. The molecule has 0 aliphatic carbocycles. The number of nitrogens with one attached hydrogen (secondary N) is 1. The zero-order valence-corrected chi connectivity index (χ0v) is 14.5. The molecule has 0 fully saturated rings. The summed E-state index contributed by atoms with van der Waals surface area (Å²) in [5.74, 6) is -0.337. The number of aliphatic hydroxyl groups excluding tert-OH is 1. The first-order chi connectivity index (χ1) is 12.4. The number of carbonyl (C=O) groups excluding carboxylic acids is 2. The number of sulfone groups is 1. The van der Waals surface area contributed by atoms with Crippen molar-refractivity contribution in [3.8, 4) is 0 Å². The van der Waals surface area contributed by atoms with Gasteiger partial charge in [0.05, 0.1) is 18.0 Å². The Balaban J connectivity index is 2.15. The minimum absolute atomic E-state index is 0.0559. The fraction of sp³-hybridized carbons (Fsp3) is 0.176. The molecule has 2 amide bonds. The van der Waals surface area contributed by atoms with Crippen LogP contribution in [-0.2, 0) is 14.6 Å². The lowest BCUT2D eigenvalue weighted by molar-refractivity contribution is -0.149. The maximum atomic E-state index is 12.5. The topological polar surface area (TPSA) is 124 Å². The van der Waals surface area contributed by atoms with E-state index in [1.165, 1.54) is 24.3 Å². The van der Waals surface area contributed by atoms with Crippen LogP contribution in [0.2, 0.25) is 0 Å². The maximum absolute atomic E-state index is 12.5. The lowest BCUT2D eigenvalue weighted by Gasteiger charge is -2.18. The van der Waals surface area contributed by atoms with E-state index in [9.17, 15) is 23.1 Å². The Hall–Kier alpha value is -2.75. The number of hydrogen-bond acceptors (Lipinski definition) is 6. The van der Waals surface area contributed by atoms with Crippen LogP contribution < -0.4 is 5.32 Å². The van der Waals surface area contributed by atoms with Gasteiger partial charge in [-0.25, -0.2) is 13.5 Å². The van der Waals surface area contributed by atoms with E-state index in [4.69, 9.17) is 5.21 Å². The van der Waals surface area contributed by atoms with Crippen LogP contribution in [-0.4, -0.2) is 54.5 Å². The van der Waals surface area contributed by atoms with Gasteiger partial charge in [-0.1, -0.05) is 18.2 Å². The molecule has 0 spiro atoms. The molecule has 0 saturated carbocycles. The molecule has 26 heavy (non-hydrogen) atoms. The molecule has 138 valence electrons. The maximum Gasteiger partial charge on any atom is 0.255 e. The molecule has 2 aromatic carbocycles. The number of benzene rings is 2. The highest BCUT2D eigenvalue weighted by molar-refractivity contribution is 7.92. The molecule has 2 aromatic rings. The van der Waals surface area contributed by atoms with E-state index in [-0.39, 0.29) is 22.3 Å². The molecule has 0 unspecified atom stereocenters. The van der Waals surface area contributed by atoms with E-state index in [1.807, 2.05) is 0 Å². The Bertz CT molecular complexity index is 853. The summed E-state index contributed by atoms with van der Waals surface area (Å²) in [5, 5.41) is 19.9. The van der Waals surface area contributed by atoms with Crippen molar-refractivity contribution in [2.24, 2.45) is 0 Å². The van der Waals surface area contributed by atoms with Crippen LogP contribution in [0.25, 0.3) is 0 Å². The summed E-state index contributed by atoms with van der Waals surface area (Å²) in [7, 11) is -3.98. The largest absolute Gasteiger partial charge is 0.395 e. The fourth-order valence-corrected chi connectivity index (χ4v) is 3.66. The molecule has 0 bridgehead atoms. The van der Waals surface area contributed by atoms with Crippen LogP contribution in [0, 0.1) is 0 Å². The number of aliphatic hydroxyl groups is 1. The van der Waals surface area contributed by atoms with Gasteiger partial charge in [-0.3, -0.25) is 14.8 Å². The second-order valence-corrected chi connectivity index (χ2v) is 7.65. The standard InChI is InChI=1S/C17H18N2O6S/c20-11-16(10-19(23)12-21)26(24,25)15-8-6-14(7-9-15)18-17(22)13-4-2-1-3-5-13/h1-9,12,16,20,23H,10-11H2,(H,18,22)/t16-/m1/s1. The molecular weight excluding hydrogens is 360 g/mol. The predicted octanol–water partition coefficient (Wildman–Crippen LogP) is 0.921. The first kappa shape index (κ1) is 19.6. The summed E-state index contributed by atoms with van der Waals surface area (Å²) in [6.07, 6.45) is 0.0559. The molecule has 1 atom stereocenters. The fourth-order valence-electron chi connectivity index (χ4n) is 2.22. The molecule has 2 rings (SSSR count). The molecule has 0 aliphatic rings. The normalized spacial score (nSPS) is 12.2. The average Bonchev–Trinajstić information content (AvgIpc) is 2.66. The Morgan fingerprint density at radius 3 is 2.27 bits per heavy atom. The summed E-state index contributed by atoms with van der Waals surface area (Å²) in [4.78, 5) is 22.4. The van der Waals surface area contributed by atoms with Crippen LogP contribution in [0.5, 0.6) is 0 Å². The van der Waals surface area contributed by atoms with Crippen molar-refractivity contribution in [3.63, 3.8) is 0 Å². The Kier molecular flexibility index (Phi) is 6.45. The molecule has 0 saturated heterocycles. The first-order valence-electron chi connectivity index (χ1n) is 7.60. The third-order valence-corrected chi connectivity index (χ3v) is 5.74. The zero-order valence-electron chi connectivity index (χ0n) is 13.6. The lowest BCUT2D eigenvalue weighted by Crippen LogP contribution is -2.37. The zero-order chi connectivity index (χ0) is 19.2. The van der Waals surface area contributed by atoms with Gasteiger partial charge in [0.15, 0.2) is 9.84 Å². The van der Waals surface area contributed by atoms with Gasteiger partial charge < -0.3 is 10.4 Å². The van der Waals surface area contributed by atoms with Crippen LogP contribution in [0.4, 0.5) is 5.69 Å². The smallest absolute Gasteiger partial charge is 0.255 e. The van der Waals surface area contributed by atoms with E-state index >= 15 is 0 Å². The number of amides is 2. The van der Waals surface area contributed by atoms with Crippen molar-refractivity contribution in [2.45, 2.75) is 10.1 Å². The summed E-state index contributed by atoms with van der Waals surface area (Å²) >= 11 is 0. The minimum atomic E-state index is -3.98. The number of carbonyl (C=O) groups is 2. The van der Waals surface area contributed by atoms with Crippen molar-refractivity contribution in [3.05, 3.63) is 60.2 Å². The minimum Gasteiger partial charge on any atom is -0.395 e. The van der Waals surface area contributed by atoms with Gasteiger partial charge >= 0.3 is 0 Å². The molecule has 0 aromatic heterocycles. The molecule has 0 radical (unpaired) electrons. The van der Waals surface area contributed by atoms with E-state index in [0.29, 0.717) is 11.3 Å². The second kappa shape index (κ2) is 8.56. The van der Waals surface area contributed by atoms with Gasteiger partial charge in [0.2, 0.25) is 6.41 Å². The van der Waals surface area contributed by atoms with Crippen molar-refractivity contribution >= 4 is 27.8 Å². The van der Waals surface area contributed by atoms with Gasteiger partial charge in [-0.15, -0.1) is 0 Å². The van der Waals surface area contributed by atoms with Gasteiger partial charge in [-0.2, -0.15) is 0 Å². The van der Waals surface area contributed by atoms with Crippen LogP contribution in [0.15, 0.2) is 59.5 Å². The van der Waals surface area contributed by atoms with E-state index in [2.05, 4.69) is 5.32 Å². The third kappa shape index (κ3) is 4.66. The van der Waals surface area contributed by atoms with E-state index in [0.717, 1.165) is 0 Å². The Morgan fingerprint density at radius 2 is 1.73 bits per heavy atom. The SMILES string of the molecule is O=CN(O)C[C@H](CO)S(=O)(=O)c1ccc(NC(=O)c2ccccc2)cc1. The molecule has 8 nitrogen and oxygen atoms in total. The Morgan fingerprint density at radius 1 is 1.12 bits per heavy atom. The number of rotatable bonds is 8. The summed E-state index contributed by atoms with van der Waals surface area (Å²) < 4.78 is 24.9. The average molecular weight is 378 g/mol. The summed E-state index contributed by atoms with van der Waals surface area (Å²) in [5.41, 5.74) is 0.858. The summed E-state index contributed by atoms with van der Waals surface area (Å²) in [6, 6.07) is 13.9. The van der Waals surface area contributed by atoms with Gasteiger partial charge in [0.1, 0.15) is 5.25 Å². The number of hydroxylamine groups is 2. The highest BCUT2D eigenvalue weighted by atomic mass is 32.2. The Labute approximate surface area is 150 Å². The van der Waals surface area contributed by atoms with Crippen LogP contribution in [0.3, 0.4) is 0 Å². The van der Waals surface area contributed by atoms with E-state index < -0.39 is 28.2 Å². The first-order valence-corrected chi connectivity index (χ1v) is 9.15. The van der Waals surface area contributed by atoms with Crippen molar-refractivity contribution in [1.82, 2.24) is 5.06 Å². The molecular formula is C17H18N2O6S. The molecule has 0 heterocycles. The van der Waals surface area contributed by atoms with Crippen molar-refractivity contribution in [1.29, 1.82) is 0 Å². The highest BCUT2D eigenvalue weighted by Crippen LogP contribution is 2.20. The number of nitrogens with zero attached hydrogens (tertiary/aromatic N) is 1. The van der Waals surface area contributed by atoms with Gasteiger partial charge in [-0.05, 0) is 36.4 Å². The second-order valence-electron chi connectivity index (χ2n) is 5.42. The quantitative estimate of drug-likeness (QED) is 0.356. The summed E-state index contributed by atoms with van der Waals surface area (Å²) in [6.45, 7) is -1.32. The highest BCUT2D eigenvalue weighted by Gasteiger charge is 2.28. The number of hydrogen-bond donors (Lipinski definition) is 3. The van der Waals surface area contributed by atoms with Gasteiger partial charge in [0, 0.05) is 11.3 Å².